The summed E-state index contributed by atoms with van der Waals surface area (Å²) in [5.74, 6) is -2.47. The monoisotopic (exact) mass is 760 g/mol. The molecule has 12 heteroatoms. The molecule has 0 radical (unpaired) electrons. The number of hydrogen-bond acceptors (Lipinski definition) is 10. The number of carbonyl (C=O) groups excluding carboxylic acids is 2. The van der Waals surface area contributed by atoms with Gasteiger partial charge in [-0.1, -0.05) is 66.7 Å². The Kier molecular flexibility index (Phi) is 11.2. The van der Waals surface area contributed by atoms with Gasteiger partial charge in [0.05, 0.1) is 33.1 Å². The molecule has 1 aliphatic heterocycles. The maximum atomic E-state index is 13.3. The Hall–Kier alpha value is -5.85. The Balaban J connectivity index is 0.000000198. The summed E-state index contributed by atoms with van der Waals surface area (Å²) < 4.78 is 36.3. The summed E-state index contributed by atoms with van der Waals surface area (Å²) in [5, 5.41) is 22.3. The fourth-order valence-corrected chi connectivity index (χ4v) is 6.85. The minimum Gasteiger partial charge on any atom is -0.507 e. The highest BCUT2D eigenvalue weighted by Crippen LogP contribution is 2.39. The van der Waals surface area contributed by atoms with Crippen LogP contribution < -0.4 is 16.7 Å². The highest BCUT2D eigenvalue weighted by atomic mass is 19.1. The molecular formula is C44H42BFO10. The highest BCUT2D eigenvalue weighted by molar-refractivity contribution is 6.62. The Labute approximate surface area is 322 Å². The van der Waals surface area contributed by atoms with Crippen LogP contribution in [0.1, 0.15) is 88.5 Å². The van der Waals surface area contributed by atoms with Crippen LogP contribution in [0.25, 0.3) is 21.9 Å². The van der Waals surface area contributed by atoms with Crippen molar-refractivity contribution in [3.05, 3.63) is 146 Å². The summed E-state index contributed by atoms with van der Waals surface area (Å²) in [5.41, 5.74) is 0.0121. The summed E-state index contributed by atoms with van der Waals surface area (Å²) >= 11 is 0. The normalized spacial score (nSPS) is 15.6. The van der Waals surface area contributed by atoms with Crippen LogP contribution >= 0.6 is 0 Å². The van der Waals surface area contributed by atoms with Crippen molar-refractivity contribution >= 4 is 46.1 Å². The Bertz CT molecular complexity index is 2530. The molecule has 288 valence electrons. The molecule has 2 unspecified atom stereocenters. The second-order valence-corrected chi connectivity index (χ2v) is 15.0. The fourth-order valence-electron chi connectivity index (χ4n) is 6.85. The van der Waals surface area contributed by atoms with E-state index in [0.29, 0.717) is 10.8 Å². The van der Waals surface area contributed by atoms with Gasteiger partial charge < -0.3 is 28.4 Å². The molecule has 7 rings (SSSR count). The summed E-state index contributed by atoms with van der Waals surface area (Å²) in [6.45, 7) is 10.7. The van der Waals surface area contributed by atoms with E-state index in [0.717, 1.165) is 17.2 Å². The van der Waals surface area contributed by atoms with Gasteiger partial charge in [0.25, 0.3) is 0 Å². The lowest BCUT2D eigenvalue weighted by Gasteiger charge is -2.32. The molecule has 3 heterocycles. The Morgan fingerprint density at radius 2 is 1.05 bits per heavy atom. The summed E-state index contributed by atoms with van der Waals surface area (Å²) in [6.07, 6.45) is 0.134. The first-order valence-corrected chi connectivity index (χ1v) is 18.2. The molecule has 2 atom stereocenters. The van der Waals surface area contributed by atoms with E-state index in [2.05, 4.69) is 0 Å². The molecule has 0 spiro atoms. The van der Waals surface area contributed by atoms with E-state index in [1.807, 2.05) is 64.1 Å². The fraction of sp³-hybridized carbons (Fsp3) is 0.273. The van der Waals surface area contributed by atoms with Gasteiger partial charge in [-0.25, -0.2) is 14.0 Å². The van der Waals surface area contributed by atoms with E-state index in [-0.39, 0.29) is 63.6 Å². The van der Waals surface area contributed by atoms with Gasteiger partial charge in [0.15, 0.2) is 0 Å². The number of aromatic hydroxyl groups is 2. The van der Waals surface area contributed by atoms with Crippen molar-refractivity contribution < 1.29 is 42.3 Å². The molecule has 2 aromatic heterocycles. The zero-order valence-electron chi connectivity index (χ0n) is 31.9. The number of carbonyl (C=O) groups is 2. The molecule has 10 nitrogen and oxygen atoms in total. The summed E-state index contributed by atoms with van der Waals surface area (Å²) in [4.78, 5) is 49.0. The van der Waals surface area contributed by atoms with E-state index in [9.17, 15) is 33.8 Å². The van der Waals surface area contributed by atoms with E-state index in [1.165, 1.54) is 26.0 Å². The lowest BCUT2D eigenvalue weighted by atomic mass is 9.78. The quantitative estimate of drug-likeness (QED) is 0.111. The molecular weight excluding hydrogens is 718 g/mol. The van der Waals surface area contributed by atoms with E-state index >= 15 is 0 Å². The van der Waals surface area contributed by atoms with Gasteiger partial charge in [-0.2, -0.15) is 0 Å². The molecule has 56 heavy (non-hydrogen) atoms. The number of Topliss-reactive ketones (excluding diaryl/α,β-unsaturated/α-hetero) is 2. The van der Waals surface area contributed by atoms with Crippen molar-refractivity contribution in [2.45, 2.75) is 77.4 Å². The molecule has 0 aliphatic carbocycles. The van der Waals surface area contributed by atoms with Crippen LogP contribution in [0.3, 0.4) is 0 Å². The maximum Gasteiger partial charge on any atom is 0.494 e. The van der Waals surface area contributed by atoms with Crippen molar-refractivity contribution in [1.82, 2.24) is 0 Å². The molecule has 0 bridgehead atoms. The molecule has 4 aromatic carbocycles. The van der Waals surface area contributed by atoms with Crippen LogP contribution in [0.2, 0.25) is 0 Å². The Morgan fingerprint density at radius 3 is 1.48 bits per heavy atom. The first-order valence-electron chi connectivity index (χ1n) is 18.2. The zero-order chi connectivity index (χ0) is 40.5. The largest absolute Gasteiger partial charge is 0.507 e. The molecule has 2 N–H and O–H groups in total. The second kappa shape index (κ2) is 15.7. The molecule has 1 fully saturated rings. The van der Waals surface area contributed by atoms with Gasteiger partial charge in [-0.3, -0.25) is 9.59 Å². The predicted octanol–water partition coefficient (Wildman–Crippen LogP) is 7.66. The SMILES string of the molecule is CC(=O)CC(c1ccccc1)c1c(O)c2ccc(B3OC(C)(C)C(C)(C)O3)cc2oc1=O.CC(=O)CC(c1ccccc1)c1c(O)c2ccc(F)cc2oc1=O. The number of fused-ring (bicyclic) bond motifs is 2. The topological polar surface area (TPSA) is 153 Å². The summed E-state index contributed by atoms with van der Waals surface area (Å²) in [6, 6.07) is 26.8. The van der Waals surface area contributed by atoms with E-state index < -0.39 is 47.2 Å². The lowest BCUT2D eigenvalue weighted by molar-refractivity contribution is -0.118. The van der Waals surface area contributed by atoms with Gasteiger partial charge in [-0.15, -0.1) is 0 Å². The van der Waals surface area contributed by atoms with Crippen molar-refractivity contribution in [2.24, 2.45) is 0 Å². The van der Waals surface area contributed by atoms with Gasteiger partial charge in [-0.05, 0) is 82.4 Å². The van der Waals surface area contributed by atoms with Gasteiger partial charge >= 0.3 is 18.4 Å². The van der Waals surface area contributed by atoms with E-state index in [1.54, 1.807) is 42.5 Å². The van der Waals surface area contributed by atoms with Crippen molar-refractivity contribution in [1.29, 1.82) is 0 Å². The minimum absolute atomic E-state index is 0.00973. The second-order valence-electron chi connectivity index (χ2n) is 15.0. The lowest BCUT2D eigenvalue weighted by Crippen LogP contribution is -2.41. The van der Waals surface area contributed by atoms with Crippen LogP contribution in [-0.2, 0) is 18.9 Å². The average molecular weight is 761 g/mol. The number of halogens is 1. The molecule has 1 aliphatic rings. The number of rotatable bonds is 9. The summed E-state index contributed by atoms with van der Waals surface area (Å²) in [7, 11) is -0.619. The van der Waals surface area contributed by atoms with Crippen molar-refractivity contribution in [3.8, 4) is 11.5 Å². The standard InChI is InChI=1S/C25H27BO6.C19H15FO4/c1-15(27)13-19(16-9-7-6-8-10-16)21-22(28)18-12-11-17(14-20(18)30-23(21)29)26-31-24(2,3)25(4,5)32-26;1-11(21)9-15(12-5-3-2-4-6-12)17-18(22)14-8-7-13(20)10-16(14)24-19(17)23/h6-12,14,19,28H,13H2,1-5H3;2-8,10,15,22H,9H2,1H3. The first-order chi connectivity index (χ1) is 26.5. The van der Waals surface area contributed by atoms with Crippen molar-refractivity contribution in [3.63, 3.8) is 0 Å². The van der Waals surface area contributed by atoms with Gasteiger partial charge in [0.1, 0.15) is 40.0 Å². The molecule has 0 amide bonds. The molecule has 6 aromatic rings. The smallest absolute Gasteiger partial charge is 0.494 e. The average Bonchev–Trinajstić information content (AvgIpc) is 3.36. The first kappa shape index (κ1) is 39.8. The molecule has 1 saturated heterocycles. The number of ketones is 2. The third kappa shape index (κ3) is 8.07. The third-order valence-electron chi connectivity index (χ3n) is 10.4. The van der Waals surface area contributed by atoms with Crippen LogP contribution in [0, 0.1) is 5.82 Å². The van der Waals surface area contributed by atoms with Crippen molar-refractivity contribution in [2.75, 3.05) is 0 Å². The minimum atomic E-state index is -0.777. The van der Waals surface area contributed by atoms with Gasteiger partial charge in [0, 0.05) is 30.7 Å². The van der Waals surface area contributed by atoms with Crippen LogP contribution in [0.5, 0.6) is 11.5 Å². The van der Waals surface area contributed by atoms with E-state index in [4.69, 9.17) is 18.1 Å². The highest BCUT2D eigenvalue weighted by Gasteiger charge is 2.51. The Morgan fingerprint density at radius 1 is 0.643 bits per heavy atom. The van der Waals surface area contributed by atoms with Crippen LogP contribution in [0.4, 0.5) is 4.39 Å². The third-order valence-corrected chi connectivity index (χ3v) is 10.4. The maximum absolute atomic E-state index is 13.3. The van der Waals surface area contributed by atoms with Gasteiger partial charge in [0.2, 0.25) is 0 Å². The van der Waals surface area contributed by atoms with Crippen LogP contribution in [0.15, 0.2) is 115 Å². The van der Waals surface area contributed by atoms with Crippen LogP contribution in [-0.4, -0.2) is 40.1 Å². The number of benzene rings is 4. The predicted molar refractivity (Wildman–Crippen MR) is 211 cm³/mol. The molecule has 0 saturated carbocycles. The number of hydrogen-bond donors (Lipinski definition) is 2. The zero-order valence-corrected chi connectivity index (χ0v) is 31.9.